The number of carbonyl (C=O) groups is 1. The first kappa shape index (κ1) is 17.1. The van der Waals surface area contributed by atoms with Crippen LogP contribution >= 0.6 is 0 Å². The van der Waals surface area contributed by atoms with Crippen molar-refractivity contribution in [1.29, 1.82) is 0 Å². The minimum absolute atomic E-state index is 0.145. The molecule has 0 saturated heterocycles. The molecule has 1 atom stereocenters. The number of para-hydroxylation sites is 2. The summed E-state index contributed by atoms with van der Waals surface area (Å²) in [5.41, 5.74) is 1.99. The first-order chi connectivity index (χ1) is 13.2. The van der Waals surface area contributed by atoms with Gasteiger partial charge in [-0.15, -0.1) is 0 Å². The normalized spacial score (nSPS) is 12.4. The fraction of sp³-hybridized carbons (Fsp3) is 0.238. The molecule has 0 aliphatic heterocycles. The third-order valence-electron chi connectivity index (χ3n) is 4.41. The van der Waals surface area contributed by atoms with E-state index in [0.717, 1.165) is 10.8 Å². The van der Waals surface area contributed by atoms with E-state index in [0.29, 0.717) is 35.0 Å². The fourth-order valence-electron chi connectivity index (χ4n) is 3.12. The van der Waals surface area contributed by atoms with Crippen molar-refractivity contribution < 1.29 is 18.5 Å². The van der Waals surface area contributed by atoms with Crippen LogP contribution in [0.15, 0.2) is 57.5 Å². The number of aromatic nitrogens is 1. The molecule has 4 aromatic rings. The Morgan fingerprint density at radius 1 is 1.22 bits per heavy atom. The molecular weight excluding hydrogens is 344 g/mol. The molecular formula is C21H20N2O4. The van der Waals surface area contributed by atoms with Gasteiger partial charge in [0.2, 0.25) is 5.91 Å². The zero-order chi connectivity index (χ0) is 18.8. The molecule has 0 spiro atoms. The Balaban J connectivity index is 1.50. The Hall–Kier alpha value is -3.28. The van der Waals surface area contributed by atoms with Gasteiger partial charge in [0.05, 0.1) is 19.1 Å². The van der Waals surface area contributed by atoms with Crippen LogP contribution in [0.1, 0.15) is 31.3 Å². The SMILES string of the molecule is CCOc1cccc2cc(C(C)NC(=O)Cc3noc4ccccc34)oc12. The summed E-state index contributed by atoms with van der Waals surface area (Å²) in [5.74, 6) is 1.23. The molecule has 0 aliphatic rings. The molecule has 0 fully saturated rings. The van der Waals surface area contributed by atoms with Crippen LogP contribution in [0.4, 0.5) is 0 Å². The van der Waals surface area contributed by atoms with E-state index < -0.39 is 0 Å². The monoisotopic (exact) mass is 364 g/mol. The van der Waals surface area contributed by atoms with Crippen LogP contribution in [0.3, 0.4) is 0 Å². The van der Waals surface area contributed by atoms with Crippen molar-refractivity contribution in [2.24, 2.45) is 0 Å². The van der Waals surface area contributed by atoms with Crippen molar-refractivity contribution in [2.45, 2.75) is 26.3 Å². The number of benzene rings is 2. The molecule has 4 rings (SSSR count). The Kier molecular flexibility index (Phi) is 4.54. The quantitative estimate of drug-likeness (QED) is 0.549. The van der Waals surface area contributed by atoms with Crippen molar-refractivity contribution in [3.05, 3.63) is 60.0 Å². The van der Waals surface area contributed by atoms with E-state index in [4.69, 9.17) is 13.7 Å². The highest BCUT2D eigenvalue weighted by molar-refractivity contribution is 5.87. The molecule has 0 aliphatic carbocycles. The van der Waals surface area contributed by atoms with Gasteiger partial charge in [-0.25, -0.2) is 0 Å². The van der Waals surface area contributed by atoms with Gasteiger partial charge in [0.25, 0.3) is 0 Å². The van der Waals surface area contributed by atoms with Gasteiger partial charge in [-0.1, -0.05) is 29.4 Å². The van der Waals surface area contributed by atoms with Crippen LogP contribution in [0.5, 0.6) is 5.75 Å². The first-order valence-corrected chi connectivity index (χ1v) is 8.93. The highest BCUT2D eigenvalue weighted by Gasteiger charge is 2.18. The van der Waals surface area contributed by atoms with Gasteiger partial charge < -0.3 is 19.0 Å². The predicted molar refractivity (Wildman–Crippen MR) is 102 cm³/mol. The summed E-state index contributed by atoms with van der Waals surface area (Å²) < 4.78 is 16.8. The van der Waals surface area contributed by atoms with E-state index >= 15 is 0 Å². The summed E-state index contributed by atoms with van der Waals surface area (Å²) in [6, 6.07) is 14.9. The second-order valence-corrected chi connectivity index (χ2v) is 6.35. The number of fused-ring (bicyclic) bond motifs is 2. The summed E-state index contributed by atoms with van der Waals surface area (Å²) >= 11 is 0. The molecule has 0 radical (unpaired) electrons. The number of ether oxygens (including phenoxy) is 1. The molecule has 1 amide bonds. The summed E-state index contributed by atoms with van der Waals surface area (Å²) in [4.78, 5) is 12.5. The molecule has 6 heteroatoms. The molecule has 0 bridgehead atoms. The molecule has 1 N–H and O–H groups in total. The highest BCUT2D eigenvalue weighted by atomic mass is 16.5. The lowest BCUT2D eigenvalue weighted by Gasteiger charge is -2.10. The van der Waals surface area contributed by atoms with Gasteiger partial charge in [0, 0.05) is 10.8 Å². The van der Waals surface area contributed by atoms with E-state index in [-0.39, 0.29) is 18.4 Å². The van der Waals surface area contributed by atoms with Crippen LogP contribution < -0.4 is 10.1 Å². The number of hydrogen-bond donors (Lipinski definition) is 1. The maximum Gasteiger partial charge on any atom is 0.226 e. The minimum Gasteiger partial charge on any atom is -0.490 e. The average Bonchev–Trinajstić information content (AvgIpc) is 3.27. The maximum atomic E-state index is 12.5. The van der Waals surface area contributed by atoms with Gasteiger partial charge in [0.15, 0.2) is 16.9 Å². The first-order valence-electron chi connectivity index (χ1n) is 8.93. The number of carbonyl (C=O) groups excluding carboxylic acids is 1. The van der Waals surface area contributed by atoms with Gasteiger partial charge in [-0.3, -0.25) is 4.79 Å². The van der Waals surface area contributed by atoms with Crippen molar-refractivity contribution >= 4 is 27.8 Å². The van der Waals surface area contributed by atoms with E-state index in [9.17, 15) is 4.79 Å². The second-order valence-electron chi connectivity index (χ2n) is 6.35. The van der Waals surface area contributed by atoms with Crippen LogP contribution in [-0.2, 0) is 11.2 Å². The van der Waals surface area contributed by atoms with E-state index in [1.807, 2.05) is 62.4 Å². The lowest BCUT2D eigenvalue weighted by Crippen LogP contribution is -2.28. The maximum absolute atomic E-state index is 12.5. The molecule has 1 unspecified atom stereocenters. The number of furan rings is 1. The molecule has 2 aromatic heterocycles. The van der Waals surface area contributed by atoms with Gasteiger partial charge in [0.1, 0.15) is 11.5 Å². The van der Waals surface area contributed by atoms with Crippen LogP contribution in [0.2, 0.25) is 0 Å². The molecule has 2 aromatic carbocycles. The minimum atomic E-state index is -0.280. The summed E-state index contributed by atoms with van der Waals surface area (Å²) in [6.07, 6.45) is 0.145. The fourth-order valence-corrected chi connectivity index (χ4v) is 3.12. The topological polar surface area (TPSA) is 77.5 Å². The smallest absolute Gasteiger partial charge is 0.226 e. The standard InChI is InChI=1S/C21H20N2O4/c1-3-25-18-10-6-7-14-11-19(26-21(14)18)13(2)22-20(24)12-16-15-8-4-5-9-17(15)27-23-16/h4-11,13H,3,12H2,1-2H3,(H,22,24). The summed E-state index contributed by atoms with van der Waals surface area (Å²) in [7, 11) is 0. The van der Waals surface area contributed by atoms with Crippen molar-refractivity contribution in [3.8, 4) is 5.75 Å². The lowest BCUT2D eigenvalue weighted by atomic mass is 10.1. The Labute approximate surface area is 156 Å². The van der Waals surface area contributed by atoms with Crippen LogP contribution in [0, 0.1) is 0 Å². The third-order valence-corrected chi connectivity index (χ3v) is 4.41. The zero-order valence-corrected chi connectivity index (χ0v) is 15.2. The molecule has 27 heavy (non-hydrogen) atoms. The lowest BCUT2D eigenvalue weighted by molar-refractivity contribution is -0.121. The molecule has 6 nitrogen and oxygen atoms in total. The molecule has 0 saturated carbocycles. The summed E-state index contributed by atoms with van der Waals surface area (Å²) in [6.45, 7) is 4.38. The van der Waals surface area contributed by atoms with E-state index in [1.165, 1.54) is 0 Å². The molecule has 2 heterocycles. The second kappa shape index (κ2) is 7.15. The average molecular weight is 364 g/mol. The van der Waals surface area contributed by atoms with Crippen LogP contribution in [-0.4, -0.2) is 17.7 Å². The van der Waals surface area contributed by atoms with E-state index in [1.54, 1.807) is 0 Å². The highest BCUT2D eigenvalue weighted by Crippen LogP contribution is 2.31. The van der Waals surface area contributed by atoms with Gasteiger partial charge >= 0.3 is 0 Å². The Bertz CT molecular complexity index is 1100. The number of amides is 1. The van der Waals surface area contributed by atoms with E-state index in [2.05, 4.69) is 10.5 Å². The predicted octanol–water partition coefficient (Wildman–Crippen LogP) is 4.39. The zero-order valence-electron chi connectivity index (χ0n) is 15.2. The van der Waals surface area contributed by atoms with Crippen LogP contribution in [0.25, 0.3) is 21.9 Å². The summed E-state index contributed by atoms with van der Waals surface area (Å²) in [5, 5.41) is 8.76. The van der Waals surface area contributed by atoms with Crippen molar-refractivity contribution in [2.75, 3.05) is 6.61 Å². The van der Waals surface area contributed by atoms with Crippen molar-refractivity contribution in [3.63, 3.8) is 0 Å². The Morgan fingerprint density at radius 2 is 2.07 bits per heavy atom. The van der Waals surface area contributed by atoms with Crippen molar-refractivity contribution in [1.82, 2.24) is 10.5 Å². The van der Waals surface area contributed by atoms with Gasteiger partial charge in [-0.2, -0.15) is 0 Å². The Morgan fingerprint density at radius 3 is 2.93 bits per heavy atom. The molecule has 138 valence electrons. The number of hydrogen-bond acceptors (Lipinski definition) is 5. The van der Waals surface area contributed by atoms with Gasteiger partial charge in [-0.05, 0) is 38.1 Å². The third kappa shape index (κ3) is 3.38. The largest absolute Gasteiger partial charge is 0.490 e. The number of nitrogens with one attached hydrogen (secondary N) is 1. The number of rotatable bonds is 6. The number of nitrogens with zero attached hydrogens (tertiary/aromatic N) is 1.